The summed E-state index contributed by atoms with van der Waals surface area (Å²) in [6.07, 6.45) is 3.02. The van der Waals surface area contributed by atoms with E-state index in [1.165, 1.54) is 6.20 Å². The normalized spacial score (nSPS) is 8.85. The van der Waals surface area contributed by atoms with Gasteiger partial charge in [-0.25, -0.2) is 0 Å². The molecule has 1 rings (SSSR count). The van der Waals surface area contributed by atoms with Crippen molar-refractivity contribution in [2.75, 3.05) is 0 Å². The summed E-state index contributed by atoms with van der Waals surface area (Å²) in [7, 11) is 0. The van der Waals surface area contributed by atoms with Crippen LogP contribution in [0.3, 0.4) is 0 Å². The molecule has 0 fully saturated rings. The van der Waals surface area contributed by atoms with Crippen molar-refractivity contribution in [3.8, 4) is 0 Å². The average Bonchev–Trinajstić information content (AvgIpc) is 2.05. The van der Waals surface area contributed by atoms with Crippen molar-refractivity contribution < 1.29 is 18.1 Å². The van der Waals surface area contributed by atoms with Crippen LogP contribution in [0, 0.1) is 0 Å². The molecule has 7 heteroatoms. The van der Waals surface area contributed by atoms with Gasteiger partial charge in [0, 0.05) is 12.4 Å². The summed E-state index contributed by atoms with van der Waals surface area (Å²) in [6.45, 7) is 0. The largest absolute Gasteiger partial charge is 0.366 e. The predicted octanol–water partition coefficient (Wildman–Crippen LogP) is -0.138. The Morgan fingerprint density at radius 1 is 1.54 bits per heavy atom. The topological polar surface area (TPSA) is 114 Å². The molecule has 0 saturated heterocycles. The number of primary amides is 1. The maximum Gasteiger partial charge on any atom is 0.299 e. The van der Waals surface area contributed by atoms with Crippen molar-refractivity contribution in [1.82, 2.24) is 4.98 Å². The predicted molar refractivity (Wildman–Crippen MR) is 46.2 cm³/mol. The molecule has 1 amide bonds. The van der Waals surface area contributed by atoms with Gasteiger partial charge < -0.3 is 5.73 Å². The van der Waals surface area contributed by atoms with Gasteiger partial charge in [0.1, 0.15) is 0 Å². The van der Waals surface area contributed by atoms with E-state index in [4.69, 9.17) is 19.0 Å². The molecule has 0 radical (unpaired) electrons. The molecule has 6 nitrogen and oxygen atoms in total. The quantitative estimate of drug-likeness (QED) is 0.551. The molecule has 13 heavy (non-hydrogen) atoms. The fraction of sp³-hybridized carbons (Fsp3) is 0. The van der Waals surface area contributed by atoms with Crippen LogP contribution in [0.1, 0.15) is 10.4 Å². The van der Waals surface area contributed by atoms with Gasteiger partial charge in [0.25, 0.3) is 11.4 Å². The number of nitrogens with two attached hydrogens (primary N) is 1. The van der Waals surface area contributed by atoms with Crippen LogP contribution in [-0.4, -0.2) is 24.2 Å². The van der Waals surface area contributed by atoms with E-state index in [1.807, 2.05) is 0 Å². The number of hydrogen-bond acceptors (Lipinski definition) is 3. The first-order chi connectivity index (χ1) is 6.04. The van der Waals surface area contributed by atoms with Gasteiger partial charge >= 0.3 is 0 Å². The molecule has 0 atom stereocenters. The minimum Gasteiger partial charge on any atom is -0.366 e. The molecule has 0 saturated carbocycles. The smallest absolute Gasteiger partial charge is 0.299 e. The minimum absolute atomic E-state index is 0.442. The number of rotatable bonds is 1. The molecule has 0 aromatic carbocycles. The second-order valence-corrected chi connectivity index (χ2v) is 2.30. The van der Waals surface area contributed by atoms with Crippen LogP contribution in [0.25, 0.3) is 0 Å². The van der Waals surface area contributed by atoms with E-state index in [9.17, 15) is 4.79 Å². The Morgan fingerprint density at radius 2 is 2.08 bits per heavy atom. The van der Waals surface area contributed by atoms with Gasteiger partial charge in [-0.2, -0.15) is 4.21 Å². The Morgan fingerprint density at radius 3 is 2.31 bits per heavy atom. The van der Waals surface area contributed by atoms with Crippen LogP contribution in [0.5, 0.6) is 0 Å². The number of carbonyl (C=O) groups excluding carboxylic acids is 1. The lowest BCUT2D eigenvalue weighted by Crippen LogP contribution is -2.10. The van der Waals surface area contributed by atoms with Crippen molar-refractivity contribution >= 4 is 17.3 Å². The highest BCUT2D eigenvalue weighted by Gasteiger charge is 1.94. The molecule has 0 aliphatic rings. The second-order valence-electron chi connectivity index (χ2n) is 1.84. The summed E-state index contributed by atoms with van der Waals surface area (Å²) in [5.74, 6) is -0.442. The zero-order valence-electron chi connectivity index (χ0n) is 6.45. The summed E-state index contributed by atoms with van der Waals surface area (Å²) in [6, 6.07) is 3.29. The van der Waals surface area contributed by atoms with E-state index < -0.39 is 17.3 Å². The maximum atomic E-state index is 10.4. The number of aromatic nitrogens is 1. The first-order valence-corrected chi connectivity index (χ1v) is 4.10. The molecule has 1 heterocycles. The van der Waals surface area contributed by atoms with E-state index in [0.29, 0.717) is 5.56 Å². The van der Waals surface area contributed by atoms with Gasteiger partial charge in [-0.3, -0.25) is 18.9 Å². The van der Waals surface area contributed by atoms with E-state index in [-0.39, 0.29) is 0 Å². The number of carbonyl (C=O) groups is 1. The fourth-order valence-electron chi connectivity index (χ4n) is 0.509. The Bertz CT molecular complexity index is 286. The first-order valence-electron chi connectivity index (χ1n) is 3.04. The number of amides is 1. The Hall–Kier alpha value is -1.31. The molecule has 0 bridgehead atoms. The molecule has 0 aliphatic heterocycles. The highest BCUT2D eigenvalue weighted by atomic mass is 32.2. The maximum absolute atomic E-state index is 10.4. The third-order valence-electron chi connectivity index (χ3n) is 0.946. The van der Waals surface area contributed by atoms with Gasteiger partial charge in [0.15, 0.2) is 0 Å². The summed E-state index contributed by atoms with van der Waals surface area (Å²) in [5.41, 5.74) is 5.38. The number of hydrogen-bond donors (Lipinski definition) is 3. The van der Waals surface area contributed by atoms with E-state index >= 15 is 0 Å². The number of pyridine rings is 1. The van der Waals surface area contributed by atoms with Crippen LogP contribution in [-0.2, 0) is 11.4 Å². The van der Waals surface area contributed by atoms with Gasteiger partial charge in [-0.05, 0) is 12.1 Å². The fourth-order valence-corrected chi connectivity index (χ4v) is 0.509. The third kappa shape index (κ3) is 7.06. The highest BCUT2D eigenvalue weighted by Crippen LogP contribution is 1.91. The minimum atomic E-state index is -2.61. The van der Waals surface area contributed by atoms with Crippen LogP contribution in [0.15, 0.2) is 24.5 Å². The second kappa shape index (κ2) is 6.23. The lowest BCUT2D eigenvalue weighted by Gasteiger charge is -1.88. The first kappa shape index (κ1) is 11.7. The van der Waals surface area contributed by atoms with Crippen molar-refractivity contribution in [2.24, 2.45) is 5.73 Å². The van der Waals surface area contributed by atoms with Crippen LogP contribution >= 0.6 is 0 Å². The van der Waals surface area contributed by atoms with Crippen molar-refractivity contribution in [3.63, 3.8) is 0 Å². The van der Waals surface area contributed by atoms with Crippen molar-refractivity contribution in [2.45, 2.75) is 0 Å². The lowest BCUT2D eigenvalue weighted by molar-refractivity contribution is 0.1000. The van der Waals surface area contributed by atoms with E-state index in [2.05, 4.69) is 4.98 Å². The molecule has 0 unspecified atom stereocenters. The Balaban J connectivity index is 0.000000310. The third-order valence-corrected chi connectivity index (χ3v) is 0.946. The zero-order chi connectivity index (χ0) is 10.3. The average molecular weight is 204 g/mol. The molecule has 1 aromatic heterocycles. The highest BCUT2D eigenvalue weighted by molar-refractivity contribution is 7.73. The van der Waals surface area contributed by atoms with E-state index in [1.54, 1.807) is 18.3 Å². The Labute approximate surface area is 76.9 Å². The lowest BCUT2D eigenvalue weighted by atomic mass is 10.3. The van der Waals surface area contributed by atoms with Gasteiger partial charge in [-0.15, -0.1) is 0 Å². The summed E-state index contributed by atoms with van der Waals surface area (Å²) >= 11 is -2.61. The summed E-state index contributed by atoms with van der Waals surface area (Å²) < 4.78 is 22.8. The molecular formula is C6H8N2O4S. The van der Waals surface area contributed by atoms with Gasteiger partial charge in [0.05, 0.1) is 5.56 Å². The summed E-state index contributed by atoms with van der Waals surface area (Å²) in [4.78, 5) is 14.1. The van der Waals surface area contributed by atoms with Crippen LogP contribution in [0.4, 0.5) is 0 Å². The Kier molecular flexibility index (Phi) is 5.60. The standard InChI is InChI=1S/C6H6N2O.H2O3S/c7-6(9)5-2-1-3-8-4-5;1-4(2)3/h1-4H,(H2,7,9);(H2,1,2,3). The SMILES string of the molecule is NC(=O)c1cccnc1.O=S(O)O. The monoisotopic (exact) mass is 204 g/mol. The molecule has 72 valence electrons. The van der Waals surface area contributed by atoms with Gasteiger partial charge in [0.2, 0.25) is 5.91 Å². The molecular weight excluding hydrogens is 196 g/mol. The molecule has 4 N–H and O–H groups in total. The summed E-state index contributed by atoms with van der Waals surface area (Å²) in [5, 5.41) is 0. The van der Waals surface area contributed by atoms with Gasteiger partial charge in [-0.1, -0.05) is 0 Å². The van der Waals surface area contributed by atoms with Crippen molar-refractivity contribution in [1.29, 1.82) is 0 Å². The molecule has 1 aromatic rings. The molecule has 0 aliphatic carbocycles. The number of nitrogens with zero attached hydrogens (tertiary/aromatic N) is 1. The van der Waals surface area contributed by atoms with Crippen LogP contribution < -0.4 is 5.73 Å². The zero-order valence-corrected chi connectivity index (χ0v) is 7.27. The van der Waals surface area contributed by atoms with Crippen molar-refractivity contribution in [3.05, 3.63) is 30.1 Å². The van der Waals surface area contributed by atoms with Crippen LogP contribution in [0.2, 0.25) is 0 Å². The van der Waals surface area contributed by atoms with E-state index in [0.717, 1.165) is 0 Å². The molecule has 0 spiro atoms.